The topological polar surface area (TPSA) is 61.5 Å². The first-order chi connectivity index (χ1) is 9.60. The number of esters is 1. The molecule has 0 aliphatic heterocycles. The first-order valence-corrected chi connectivity index (χ1v) is 7.69. The zero-order valence-corrected chi connectivity index (χ0v) is 13.3. The average Bonchev–Trinajstić information content (AvgIpc) is 2.83. The summed E-state index contributed by atoms with van der Waals surface area (Å²) >= 11 is 4.97. The zero-order chi connectivity index (χ0) is 14.5. The van der Waals surface area contributed by atoms with Gasteiger partial charge in [-0.05, 0) is 47.1 Å². The lowest BCUT2D eigenvalue weighted by atomic mass is 10.2. The van der Waals surface area contributed by atoms with E-state index >= 15 is 0 Å². The Balaban J connectivity index is 2.16. The number of halogens is 1. The third kappa shape index (κ3) is 3.74. The molecule has 106 valence electrons. The molecule has 0 saturated heterocycles. The van der Waals surface area contributed by atoms with Crippen LogP contribution in [0.1, 0.15) is 22.2 Å². The van der Waals surface area contributed by atoms with Crippen LogP contribution in [0.2, 0.25) is 0 Å². The normalized spacial score (nSPS) is 10.3. The minimum atomic E-state index is -0.429. The first-order valence-electron chi connectivity index (χ1n) is 6.02. The molecule has 0 unspecified atom stereocenters. The molecular formula is C14H14BrNO3S. The van der Waals surface area contributed by atoms with Crippen molar-refractivity contribution in [3.05, 3.63) is 44.6 Å². The standard InChI is InChI=1S/C14H14BrNO3S/c1-2-18-14(17)12-6-10(16)3-4-13(12)19-7-11-5-9(15)8-20-11/h3-6,8H,2,7,16H2,1H3. The molecular weight excluding hydrogens is 342 g/mol. The van der Waals surface area contributed by atoms with Crippen molar-refractivity contribution in [2.45, 2.75) is 13.5 Å². The molecule has 1 aromatic heterocycles. The van der Waals surface area contributed by atoms with Crippen molar-refractivity contribution in [3.63, 3.8) is 0 Å². The quantitative estimate of drug-likeness (QED) is 0.653. The van der Waals surface area contributed by atoms with Crippen LogP contribution in [-0.4, -0.2) is 12.6 Å². The number of carbonyl (C=O) groups excluding carboxylic acids is 1. The van der Waals surface area contributed by atoms with Gasteiger partial charge in [0.1, 0.15) is 17.9 Å². The van der Waals surface area contributed by atoms with E-state index in [-0.39, 0.29) is 0 Å². The van der Waals surface area contributed by atoms with Crippen molar-refractivity contribution in [1.82, 2.24) is 0 Å². The lowest BCUT2D eigenvalue weighted by Crippen LogP contribution is -2.08. The predicted octanol–water partition coefficient (Wildman–Crippen LogP) is 3.85. The molecule has 2 rings (SSSR count). The number of nitrogen functional groups attached to an aromatic ring is 1. The smallest absolute Gasteiger partial charge is 0.341 e. The Hall–Kier alpha value is -1.53. The summed E-state index contributed by atoms with van der Waals surface area (Å²) in [4.78, 5) is 12.9. The van der Waals surface area contributed by atoms with Crippen molar-refractivity contribution < 1.29 is 14.3 Å². The Morgan fingerprint density at radius 1 is 1.40 bits per heavy atom. The van der Waals surface area contributed by atoms with Crippen molar-refractivity contribution in [2.24, 2.45) is 0 Å². The van der Waals surface area contributed by atoms with E-state index < -0.39 is 5.97 Å². The number of thiophene rings is 1. The molecule has 2 N–H and O–H groups in total. The van der Waals surface area contributed by atoms with Gasteiger partial charge in [0, 0.05) is 20.4 Å². The number of anilines is 1. The molecule has 0 atom stereocenters. The highest BCUT2D eigenvalue weighted by atomic mass is 79.9. The van der Waals surface area contributed by atoms with Crippen molar-refractivity contribution >= 4 is 38.9 Å². The van der Waals surface area contributed by atoms with Gasteiger partial charge in [-0.25, -0.2) is 4.79 Å². The fourth-order valence-electron chi connectivity index (χ4n) is 1.62. The van der Waals surface area contributed by atoms with Crippen molar-refractivity contribution in [2.75, 3.05) is 12.3 Å². The SMILES string of the molecule is CCOC(=O)c1cc(N)ccc1OCc1cc(Br)cs1. The van der Waals surface area contributed by atoms with Crippen LogP contribution in [0, 0.1) is 0 Å². The Labute approximate surface area is 129 Å². The molecule has 6 heteroatoms. The summed E-state index contributed by atoms with van der Waals surface area (Å²) in [6.45, 7) is 2.46. The van der Waals surface area contributed by atoms with E-state index in [9.17, 15) is 4.79 Å². The number of carbonyl (C=O) groups is 1. The lowest BCUT2D eigenvalue weighted by molar-refractivity contribution is 0.0521. The van der Waals surface area contributed by atoms with E-state index in [1.165, 1.54) is 0 Å². The summed E-state index contributed by atoms with van der Waals surface area (Å²) in [5, 5.41) is 1.98. The van der Waals surface area contributed by atoms with Crippen molar-refractivity contribution in [3.8, 4) is 5.75 Å². The highest BCUT2D eigenvalue weighted by molar-refractivity contribution is 9.10. The summed E-state index contributed by atoms with van der Waals surface area (Å²) in [6, 6.07) is 6.93. The number of ether oxygens (including phenoxy) is 2. The van der Waals surface area contributed by atoms with Gasteiger partial charge < -0.3 is 15.2 Å². The number of rotatable bonds is 5. The number of hydrogen-bond donors (Lipinski definition) is 1. The number of benzene rings is 1. The molecule has 2 aromatic rings. The van der Waals surface area contributed by atoms with Crippen LogP contribution in [0.5, 0.6) is 5.75 Å². The van der Waals surface area contributed by atoms with Crippen LogP contribution < -0.4 is 10.5 Å². The van der Waals surface area contributed by atoms with E-state index in [0.717, 1.165) is 9.35 Å². The van der Waals surface area contributed by atoms with Gasteiger partial charge in [0.15, 0.2) is 0 Å². The van der Waals surface area contributed by atoms with Gasteiger partial charge in [0.2, 0.25) is 0 Å². The molecule has 0 fully saturated rings. The van der Waals surface area contributed by atoms with Gasteiger partial charge in [-0.1, -0.05) is 0 Å². The van der Waals surface area contributed by atoms with E-state index in [1.807, 2.05) is 11.4 Å². The minimum absolute atomic E-state index is 0.310. The Morgan fingerprint density at radius 2 is 2.20 bits per heavy atom. The molecule has 0 radical (unpaired) electrons. The zero-order valence-electron chi connectivity index (χ0n) is 10.9. The highest BCUT2D eigenvalue weighted by Crippen LogP contribution is 2.25. The van der Waals surface area contributed by atoms with Gasteiger partial charge in [0.25, 0.3) is 0 Å². The van der Waals surface area contributed by atoms with E-state index in [0.29, 0.717) is 30.2 Å². The maximum atomic E-state index is 11.9. The molecule has 0 aliphatic rings. The molecule has 1 aromatic carbocycles. The maximum Gasteiger partial charge on any atom is 0.341 e. The Kier molecular flexibility index (Phi) is 5.03. The van der Waals surface area contributed by atoms with E-state index in [2.05, 4.69) is 15.9 Å². The Morgan fingerprint density at radius 3 is 2.85 bits per heavy atom. The monoisotopic (exact) mass is 355 g/mol. The average molecular weight is 356 g/mol. The van der Waals surface area contributed by atoms with Crippen LogP contribution in [0.3, 0.4) is 0 Å². The number of nitrogens with two attached hydrogens (primary N) is 1. The fraction of sp³-hybridized carbons (Fsp3) is 0.214. The summed E-state index contributed by atoms with van der Waals surface area (Å²) in [5.41, 5.74) is 6.55. The Bertz CT molecular complexity index is 612. The summed E-state index contributed by atoms with van der Waals surface area (Å²) in [7, 11) is 0. The summed E-state index contributed by atoms with van der Waals surface area (Å²) < 4.78 is 11.7. The molecule has 0 saturated carbocycles. The molecule has 0 spiro atoms. The molecule has 20 heavy (non-hydrogen) atoms. The van der Waals surface area contributed by atoms with Crippen LogP contribution in [0.25, 0.3) is 0 Å². The minimum Gasteiger partial charge on any atom is -0.487 e. The fourth-order valence-corrected chi connectivity index (χ4v) is 2.98. The van der Waals surface area contributed by atoms with Gasteiger partial charge >= 0.3 is 5.97 Å². The molecule has 4 nitrogen and oxygen atoms in total. The van der Waals surface area contributed by atoms with Crippen molar-refractivity contribution in [1.29, 1.82) is 0 Å². The van der Waals surface area contributed by atoms with Crippen LogP contribution in [0.15, 0.2) is 34.1 Å². The van der Waals surface area contributed by atoms with Crippen LogP contribution in [0.4, 0.5) is 5.69 Å². The van der Waals surface area contributed by atoms with E-state index in [1.54, 1.807) is 36.5 Å². The van der Waals surface area contributed by atoms with Gasteiger partial charge in [-0.2, -0.15) is 0 Å². The largest absolute Gasteiger partial charge is 0.487 e. The maximum absolute atomic E-state index is 11.9. The van der Waals surface area contributed by atoms with Crippen LogP contribution in [-0.2, 0) is 11.3 Å². The van der Waals surface area contributed by atoms with E-state index in [4.69, 9.17) is 15.2 Å². The summed E-state index contributed by atoms with van der Waals surface area (Å²) in [5.74, 6) is 0.0457. The summed E-state index contributed by atoms with van der Waals surface area (Å²) in [6.07, 6.45) is 0. The highest BCUT2D eigenvalue weighted by Gasteiger charge is 2.14. The van der Waals surface area contributed by atoms with Crippen LogP contribution >= 0.6 is 27.3 Å². The molecule has 0 bridgehead atoms. The third-order valence-electron chi connectivity index (χ3n) is 2.49. The second kappa shape index (κ2) is 6.76. The molecule has 1 heterocycles. The first kappa shape index (κ1) is 14.9. The number of hydrogen-bond acceptors (Lipinski definition) is 5. The molecule has 0 aliphatic carbocycles. The van der Waals surface area contributed by atoms with Gasteiger partial charge in [-0.3, -0.25) is 0 Å². The predicted molar refractivity (Wildman–Crippen MR) is 83.2 cm³/mol. The second-order valence-electron chi connectivity index (χ2n) is 4.00. The molecule has 0 amide bonds. The van der Waals surface area contributed by atoms with Gasteiger partial charge in [-0.15, -0.1) is 11.3 Å². The van der Waals surface area contributed by atoms with Gasteiger partial charge in [0.05, 0.1) is 6.61 Å². The second-order valence-corrected chi connectivity index (χ2v) is 5.91. The third-order valence-corrected chi connectivity index (χ3v) is 4.16. The lowest BCUT2D eigenvalue weighted by Gasteiger charge is -2.10.